The molecule has 0 bridgehead atoms. The van der Waals surface area contributed by atoms with Crippen LogP contribution in [-0.4, -0.2) is 12.3 Å². The maximum Gasteiger partial charge on any atom is 0.198 e. The standard InChI is InChI=1S/C55H47BN2O2/c1-30-14-12-15-31(2)47(30)33-27-39(35-18-13-19-38-49(35)57-50-37-17-9-11-21-46(37)59-52(38)50)48-44(28-33)58(43-29-41-40(26-32(43)3)54(4,5)24-25-55(41,6)7)51-42(56-48)23-22-36-34-16-8-10-20-45(34)60-53(36)51/h8-23,26-29,56-57H,24-25H2,1-7H3. The van der Waals surface area contributed by atoms with E-state index in [0.717, 1.165) is 74.3 Å². The quantitative estimate of drug-likeness (QED) is 0.182. The fourth-order valence-electron chi connectivity index (χ4n) is 11.0. The number of fused-ring (bicyclic) bond motifs is 12. The van der Waals surface area contributed by atoms with Gasteiger partial charge in [0.05, 0.1) is 16.7 Å². The van der Waals surface area contributed by atoms with Crippen LogP contribution in [0.4, 0.5) is 17.1 Å². The summed E-state index contributed by atoms with van der Waals surface area (Å²) in [6, 6.07) is 44.8. The van der Waals surface area contributed by atoms with Crippen LogP contribution < -0.4 is 15.8 Å². The van der Waals surface area contributed by atoms with E-state index in [1.165, 1.54) is 78.8 Å². The second-order valence-electron chi connectivity index (χ2n) is 19.0. The molecular formula is C55H47BN2O2. The maximum absolute atomic E-state index is 6.97. The van der Waals surface area contributed by atoms with E-state index >= 15 is 0 Å². The number of aromatic nitrogens is 1. The number of nitrogens with zero attached hydrogens (tertiary/aromatic N) is 1. The van der Waals surface area contributed by atoms with Gasteiger partial charge >= 0.3 is 0 Å². The molecule has 10 aromatic rings. The summed E-state index contributed by atoms with van der Waals surface area (Å²) in [6.07, 6.45) is 2.32. The predicted molar refractivity (Wildman–Crippen MR) is 254 cm³/mol. The van der Waals surface area contributed by atoms with Crippen molar-refractivity contribution in [2.75, 3.05) is 4.90 Å². The van der Waals surface area contributed by atoms with Crippen molar-refractivity contribution in [3.05, 3.63) is 149 Å². The van der Waals surface area contributed by atoms with E-state index in [1.54, 1.807) is 0 Å². The molecule has 0 amide bonds. The number of para-hydroxylation sites is 3. The van der Waals surface area contributed by atoms with Gasteiger partial charge in [-0.15, -0.1) is 0 Å². The maximum atomic E-state index is 6.97. The molecule has 3 aromatic heterocycles. The number of nitrogens with one attached hydrogen (secondary N) is 1. The van der Waals surface area contributed by atoms with Gasteiger partial charge in [-0.1, -0.05) is 112 Å². The van der Waals surface area contributed by atoms with Crippen molar-refractivity contribution in [1.82, 2.24) is 4.98 Å². The minimum absolute atomic E-state index is 0.0374. The Labute approximate surface area is 351 Å². The molecule has 0 unspecified atom stereocenters. The normalized spacial score (nSPS) is 15.5. The third-order valence-corrected chi connectivity index (χ3v) is 14.3. The molecule has 60 heavy (non-hydrogen) atoms. The molecule has 0 saturated carbocycles. The number of H-pyrrole nitrogens is 1. The van der Waals surface area contributed by atoms with Gasteiger partial charge in [-0.3, -0.25) is 0 Å². The second kappa shape index (κ2) is 12.3. The molecule has 0 atom stereocenters. The Balaban J connectivity index is 1.21. The highest BCUT2D eigenvalue weighted by Crippen LogP contribution is 2.52. The molecule has 0 fully saturated rings. The molecule has 292 valence electrons. The van der Waals surface area contributed by atoms with Crippen molar-refractivity contribution in [2.45, 2.75) is 72.1 Å². The summed E-state index contributed by atoms with van der Waals surface area (Å²) in [5, 5.41) is 4.49. The number of benzene rings is 7. The molecule has 2 aliphatic rings. The first kappa shape index (κ1) is 35.5. The highest BCUT2D eigenvalue weighted by atomic mass is 16.3. The number of hydrogen-bond acceptors (Lipinski definition) is 3. The Hall–Kier alpha value is -6.46. The number of aryl methyl sites for hydroxylation is 3. The van der Waals surface area contributed by atoms with Crippen molar-refractivity contribution in [3.63, 3.8) is 0 Å². The molecule has 4 heterocycles. The minimum atomic E-state index is 0.0374. The Kier molecular flexibility index (Phi) is 7.27. The SMILES string of the molecule is Cc1cc2c(cc1N1c3cc(-c4c(C)cccc4C)cc(-c4cccc5c4[nH]c4c6ccccc6oc54)c3Bc3ccc4c(oc5ccccc54)c31)C(C)(C)CCC2(C)C. The summed E-state index contributed by atoms with van der Waals surface area (Å²) < 4.78 is 13.5. The number of furan rings is 2. The van der Waals surface area contributed by atoms with Crippen molar-refractivity contribution >= 4 is 90.2 Å². The van der Waals surface area contributed by atoms with E-state index in [2.05, 4.69) is 174 Å². The first-order valence-electron chi connectivity index (χ1n) is 21.5. The third kappa shape index (κ3) is 4.92. The molecule has 4 nitrogen and oxygen atoms in total. The van der Waals surface area contributed by atoms with Crippen LogP contribution in [-0.2, 0) is 10.8 Å². The van der Waals surface area contributed by atoms with Crippen LogP contribution in [0.5, 0.6) is 0 Å². The summed E-state index contributed by atoms with van der Waals surface area (Å²) in [7, 11) is 0.759. The molecule has 0 saturated heterocycles. The lowest BCUT2D eigenvalue weighted by molar-refractivity contribution is 0.332. The van der Waals surface area contributed by atoms with Crippen molar-refractivity contribution in [3.8, 4) is 22.3 Å². The zero-order chi connectivity index (χ0) is 40.8. The molecule has 12 rings (SSSR count). The number of rotatable bonds is 3. The lowest BCUT2D eigenvalue weighted by Crippen LogP contribution is -2.41. The van der Waals surface area contributed by atoms with E-state index in [-0.39, 0.29) is 10.8 Å². The van der Waals surface area contributed by atoms with Crippen LogP contribution in [0, 0.1) is 20.8 Å². The Morgan fingerprint density at radius 1 is 0.550 bits per heavy atom. The van der Waals surface area contributed by atoms with Gasteiger partial charge in [0.1, 0.15) is 11.2 Å². The van der Waals surface area contributed by atoms with E-state index < -0.39 is 0 Å². The molecule has 1 aliphatic carbocycles. The minimum Gasteiger partial charge on any atom is -0.454 e. The largest absolute Gasteiger partial charge is 0.454 e. The van der Waals surface area contributed by atoms with Gasteiger partial charge in [-0.05, 0) is 137 Å². The highest BCUT2D eigenvalue weighted by Gasteiger charge is 2.40. The molecule has 7 aromatic carbocycles. The summed E-state index contributed by atoms with van der Waals surface area (Å²) in [6.45, 7) is 16.5. The fraction of sp³-hybridized carbons (Fsp3) is 0.200. The lowest BCUT2D eigenvalue weighted by Gasteiger charge is -2.43. The summed E-state index contributed by atoms with van der Waals surface area (Å²) in [4.78, 5) is 6.48. The van der Waals surface area contributed by atoms with Gasteiger partial charge in [-0.25, -0.2) is 0 Å². The van der Waals surface area contributed by atoms with Gasteiger partial charge < -0.3 is 18.7 Å². The topological polar surface area (TPSA) is 45.3 Å². The molecule has 5 heteroatoms. The average Bonchev–Trinajstić information content (AvgIpc) is 3.92. The number of hydrogen-bond donors (Lipinski definition) is 1. The van der Waals surface area contributed by atoms with Gasteiger partial charge in [0, 0.05) is 38.5 Å². The van der Waals surface area contributed by atoms with E-state index in [4.69, 9.17) is 8.83 Å². The number of anilines is 3. The zero-order valence-corrected chi connectivity index (χ0v) is 35.4. The van der Waals surface area contributed by atoms with Gasteiger partial charge in [0.2, 0.25) is 0 Å². The van der Waals surface area contributed by atoms with Crippen LogP contribution >= 0.6 is 0 Å². The number of aromatic amines is 1. The molecule has 0 spiro atoms. The highest BCUT2D eigenvalue weighted by molar-refractivity contribution is 6.74. The van der Waals surface area contributed by atoms with Gasteiger partial charge in [-0.2, -0.15) is 0 Å². The zero-order valence-electron chi connectivity index (χ0n) is 35.4. The second-order valence-corrected chi connectivity index (χ2v) is 19.0. The summed E-state index contributed by atoms with van der Waals surface area (Å²) in [5.41, 5.74) is 23.6. The molecule has 1 aliphatic heterocycles. The van der Waals surface area contributed by atoms with Crippen LogP contribution in [0.2, 0.25) is 0 Å². The smallest absolute Gasteiger partial charge is 0.198 e. The van der Waals surface area contributed by atoms with Crippen LogP contribution in [0.25, 0.3) is 77.2 Å². The first-order valence-corrected chi connectivity index (χ1v) is 21.5. The van der Waals surface area contributed by atoms with Crippen LogP contribution in [0.1, 0.15) is 68.4 Å². The summed E-state index contributed by atoms with van der Waals surface area (Å²) >= 11 is 0. The van der Waals surface area contributed by atoms with Crippen LogP contribution in [0.15, 0.2) is 130 Å². The third-order valence-electron chi connectivity index (χ3n) is 14.3. The fourth-order valence-corrected chi connectivity index (χ4v) is 11.0. The predicted octanol–water partition coefficient (Wildman–Crippen LogP) is 13.7. The Morgan fingerprint density at radius 3 is 1.97 bits per heavy atom. The van der Waals surface area contributed by atoms with Gasteiger partial charge in [0.25, 0.3) is 0 Å². The van der Waals surface area contributed by atoms with E-state index in [0.29, 0.717) is 0 Å². The van der Waals surface area contributed by atoms with Crippen molar-refractivity contribution in [1.29, 1.82) is 0 Å². The monoisotopic (exact) mass is 778 g/mol. The molecular weight excluding hydrogens is 731 g/mol. The Morgan fingerprint density at radius 2 is 1.20 bits per heavy atom. The van der Waals surface area contributed by atoms with Crippen LogP contribution in [0.3, 0.4) is 0 Å². The van der Waals surface area contributed by atoms with E-state index in [9.17, 15) is 0 Å². The van der Waals surface area contributed by atoms with Gasteiger partial charge in [0.15, 0.2) is 18.4 Å². The molecule has 0 radical (unpaired) electrons. The first-order chi connectivity index (χ1) is 29.0. The molecule has 1 N–H and O–H groups in total. The van der Waals surface area contributed by atoms with Crippen molar-refractivity contribution in [2.24, 2.45) is 0 Å². The van der Waals surface area contributed by atoms with E-state index in [1.807, 2.05) is 6.07 Å². The van der Waals surface area contributed by atoms with Crippen molar-refractivity contribution < 1.29 is 8.83 Å². The summed E-state index contributed by atoms with van der Waals surface area (Å²) in [5.74, 6) is 0. The lowest BCUT2D eigenvalue weighted by atomic mass is 9.57. The Bertz CT molecular complexity index is 3440. The average molecular weight is 779 g/mol.